The van der Waals surface area contributed by atoms with Crippen LogP contribution in [0, 0.1) is 0 Å². The zero-order chi connectivity index (χ0) is 38.8. The number of imidazole rings is 1. The van der Waals surface area contributed by atoms with E-state index in [-0.39, 0.29) is 0 Å². The molecule has 0 spiro atoms. The van der Waals surface area contributed by atoms with Crippen molar-refractivity contribution in [2.24, 2.45) is 0 Å². The molecule has 54 heavy (non-hydrogen) atoms. The van der Waals surface area contributed by atoms with Crippen molar-refractivity contribution in [2.45, 2.75) is 316 Å². The van der Waals surface area contributed by atoms with Crippen LogP contribution in [-0.4, -0.2) is 4.98 Å². The molecule has 0 aliphatic heterocycles. The summed E-state index contributed by atoms with van der Waals surface area (Å²) in [5.41, 5.74) is 0. The van der Waals surface area contributed by atoms with E-state index < -0.39 is 0 Å². The first-order valence-electron chi connectivity index (χ1n) is 25.8. The van der Waals surface area contributed by atoms with E-state index in [0.717, 1.165) is 0 Å². The van der Waals surface area contributed by atoms with Crippen LogP contribution < -0.4 is 4.57 Å². The minimum atomic E-state index is 0.616. The summed E-state index contributed by atoms with van der Waals surface area (Å²) in [5.74, 6) is 2.25. The summed E-state index contributed by atoms with van der Waals surface area (Å²) in [5, 5.41) is 0. The number of aromatic amines is 1. The molecule has 2 atom stereocenters. The Morgan fingerprint density at radius 3 is 0.870 bits per heavy atom. The van der Waals surface area contributed by atoms with Crippen molar-refractivity contribution in [3.63, 3.8) is 0 Å². The number of aromatic nitrogens is 2. The molecule has 0 aromatic carbocycles. The third-order valence-electron chi connectivity index (χ3n) is 12.9. The van der Waals surface area contributed by atoms with Gasteiger partial charge in [-0.05, 0) is 32.6 Å². The van der Waals surface area contributed by atoms with Gasteiger partial charge in [-0.15, -0.1) is 0 Å². The largest absolute Gasteiger partial charge is 0.257 e. The molecule has 0 radical (unpaired) electrons. The van der Waals surface area contributed by atoms with Crippen LogP contribution in [0.1, 0.15) is 322 Å². The lowest BCUT2D eigenvalue weighted by atomic mass is 9.92. The zero-order valence-electron chi connectivity index (χ0n) is 38.2. The van der Waals surface area contributed by atoms with Gasteiger partial charge in [0, 0.05) is 0 Å². The molecule has 0 fully saturated rings. The van der Waals surface area contributed by atoms with E-state index in [0.29, 0.717) is 12.0 Å². The van der Waals surface area contributed by atoms with Crippen LogP contribution in [0.4, 0.5) is 0 Å². The van der Waals surface area contributed by atoms with Gasteiger partial charge < -0.3 is 0 Å². The number of nitrogens with zero attached hydrogens (tertiary/aromatic N) is 1. The molecular weight excluding hydrogens is 653 g/mol. The van der Waals surface area contributed by atoms with Gasteiger partial charge >= 0.3 is 0 Å². The molecule has 0 bridgehead atoms. The number of rotatable bonds is 45. The fourth-order valence-electron chi connectivity index (χ4n) is 9.08. The maximum atomic E-state index is 3.79. The van der Waals surface area contributed by atoms with Crippen LogP contribution in [0.25, 0.3) is 0 Å². The summed E-state index contributed by atoms with van der Waals surface area (Å²) < 4.78 is 2.66. The van der Waals surface area contributed by atoms with E-state index >= 15 is 0 Å². The number of nitrogens with one attached hydrogen (secondary N) is 1. The van der Waals surface area contributed by atoms with E-state index in [1.165, 1.54) is 276 Å². The van der Waals surface area contributed by atoms with Gasteiger partial charge in [-0.3, -0.25) is 0 Å². The molecule has 0 amide bonds. The molecule has 2 heteroatoms. The third-order valence-corrected chi connectivity index (χ3v) is 12.9. The van der Waals surface area contributed by atoms with Gasteiger partial charge in [0.25, 0.3) is 5.82 Å². The molecule has 1 N–H and O–H groups in total. The first-order valence-corrected chi connectivity index (χ1v) is 25.8. The number of hydrogen-bond acceptors (Lipinski definition) is 0. The molecule has 1 aromatic heterocycles. The van der Waals surface area contributed by atoms with Crippen molar-refractivity contribution in [1.29, 1.82) is 0 Å². The van der Waals surface area contributed by atoms with Crippen molar-refractivity contribution >= 4 is 0 Å². The Hall–Kier alpha value is -0.790. The monoisotopic (exact) mass is 756 g/mol. The lowest BCUT2D eigenvalue weighted by Gasteiger charge is -2.17. The molecule has 2 unspecified atom stereocenters. The lowest BCUT2D eigenvalue weighted by molar-refractivity contribution is -0.727. The highest BCUT2D eigenvalue weighted by atomic mass is 15.1. The Morgan fingerprint density at radius 2 is 0.593 bits per heavy atom. The minimum Gasteiger partial charge on any atom is -0.247 e. The second-order valence-corrected chi connectivity index (χ2v) is 18.2. The first-order chi connectivity index (χ1) is 26.7. The van der Waals surface area contributed by atoms with Crippen molar-refractivity contribution < 1.29 is 4.57 Å². The molecule has 0 aliphatic rings. The summed E-state index contributed by atoms with van der Waals surface area (Å²) in [6.07, 6.45) is 66.6. The number of hydrogen-bond donors (Lipinski definition) is 1. The van der Waals surface area contributed by atoms with Gasteiger partial charge in [0.15, 0.2) is 0 Å². The number of unbranched alkanes of at least 4 members (excludes halogenated alkanes) is 37. The highest BCUT2D eigenvalue weighted by Crippen LogP contribution is 2.28. The maximum Gasteiger partial charge on any atom is 0.257 e. The summed E-state index contributed by atoms with van der Waals surface area (Å²) in [4.78, 5) is 3.79. The van der Waals surface area contributed by atoms with Crippen LogP contribution in [0.5, 0.6) is 0 Å². The van der Waals surface area contributed by atoms with E-state index in [1.807, 2.05) is 0 Å². The number of H-pyrrole nitrogens is 1. The average Bonchev–Trinajstić information content (AvgIpc) is 3.68. The Balaban J connectivity index is 2.34. The molecule has 2 nitrogen and oxygen atoms in total. The lowest BCUT2D eigenvalue weighted by Crippen LogP contribution is -2.41. The normalized spacial score (nSPS) is 12.9. The van der Waals surface area contributed by atoms with Crippen LogP contribution in [-0.2, 0) is 0 Å². The second kappa shape index (κ2) is 41.8. The van der Waals surface area contributed by atoms with Crippen molar-refractivity contribution in [1.82, 2.24) is 4.98 Å². The van der Waals surface area contributed by atoms with Gasteiger partial charge in [0.1, 0.15) is 12.4 Å². The predicted molar refractivity (Wildman–Crippen MR) is 244 cm³/mol. The third kappa shape index (κ3) is 32.3. The molecule has 0 saturated heterocycles. The topological polar surface area (TPSA) is 19.7 Å². The average molecular weight is 756 g/mol. The zero-order valence-corrected chi connectivity index (χ0v) is 38.2. The van der Waals surface area contributed by atoms with E-state index in [4.69, 9.17) is 0 Å². The standard InChI is InChI=1S/C52H102N2/c1-5-8-11-14-17-20-23-25-26-27-28-29-32-35-38-41-44-47-51(46-43-40-37-34-30-22-19-16-13-10-7-3)52-53-48-49-54(52)50(4)45-42-39-36-33-31-24-21-18-15-12-9-6-2/h48-51H,5-47H2,1-4H3/p+1. The Labute approximate surface area is 342 Å². The van der Waals surface area contributed by atoms with E-state index in [2.05, 4.69) is 49.6 Å². The molecule has 1 aromatic rings. The van der Waals surface area contributed by atoms with Crippen molar-refractivity contribution in [3.05, 3.63) is 18.2 Å². The van der Waals surface area contributed by atoms with Gasteiger partial charge in [0.05, 0.1) is 12.0 Å². The molecule has 0 aliphatic carbocycles. The van der Waals surface area contributed by atoms with Crippen molar-refractivity contribution in [2.75, 3.05) is 0 Å². The Kier molecular flexibility index (Phi) is 39.7. The first kappa shape index (κ1) is 51.2. The summed E-state index contributed by atoms with van der Waals surface area (Å²) in [6, 6.07) is 0.616. The molecule has 0 saturated carbocycles. The fraction of sp³-hybridized carbons (Fsp3) is 0.942. The molecule has 1 heterocycles. The van der Waals surface area contributed by atoms with Crippen LogP contribution in [0.2, 0.25) is 0 Å². The predicted octanol–water partition coefficient (Wildman–Crippen LogP) is 18.8. The summed E-state index contributed by atoms with van der Waals surface area (Å²) in [7, 11) is 0. The van der Waals surface area contributed by atoms with Crippen LogP contribution >= 0.6 is 0 Å². The summed E-state index contributed by atoms with van der Waals surface area (Å²) >= 11 is 0. The smallest absolute Gasteiger partial charge is 0.247 e. The Morgan fingerprint density at radius 1 is 0.352 bits per heavy atom. The SMILES string of the molecule is CCCCCCCCCCCCCCCCCCCC(CCCCCCCCCCCCC)c1[nH]cc[n+]1C(C)CCCCCCCCCCCCCC. The van der Waals surface area contributed by atoms with E-state index in [1.54, 1.807) is 5.82 Å². The van der Waals surface area contributed by atoms with Gasteiger partial charge in [0.2, 0.25) is 0 Å². The highest BCUT2D eigenvalue weighted by Gasteiger charge is 2.25. The maximum absolute atomic E-state index is 3.79. The van der Waals surface area contributed by atoms with Crippen LogP contribution in [0.3, 0.4) is 0 Å². The second-order valence-electron chi connectivity index (χ2n) is 18.2. The Bertz CT molecular complexity index is 828. The minimum absolute atomic E-state index is 0.616. The fourth-order valence-corrected chi connectivity index (χ4v) is 9.08. The summed E-state index contributed by atoms with van der Waals surface area (Å²) in [6.45, 7) is 9.45. The van der Waals surface area contributed by atoms with E-state index in [9.17, 15) is 0 Å². The quantitative estimate of drug-likeness (QED) is 0.0505. The van der Waals surface area contributed by atoms with Crippen molar-refractivity contribution in [3.8, 4) is 0 Å². The van der Waals surface area contributed by atoms with Crippen LogP contribution in [0.15, 0.2) is 12.4 Å². The van der Waals surface area contributed by atoms with Gasteiger partial charge in [-0.25, -0.2) is 9.55 Å². The van der Waals surface area contributed by atoms with Gasteiger partial charge in [-0.1, -0.05) is 271 Å². The van der Waals surface area contributed by atoms with Gasteiger partial charge in [-0.2, -0.15) is 0 Å². The molecular formula is C52H103N2+. The highest BCUT2D eigenvalue weighted by molar-refractivity contribution is 4.90. The molecule has 320 valence electrons. The molecule has 1 rings (SSSR count).